The molecule has 0 saturated carbocycles. The van der Waals surface area contributed by atoms with Gasteiger partial charge in [-0.25, -0.2) is 4.79 Å². The Bertz CT molecular complexity index is 431. The standard InChI is InChI=1S/C13H19NO2S/c1-13(2,3)16-12(15)10-8-17-11-7-14(4)6-5-9(10)11/h8H,5-7H2,1-4H3. The fourth-order valence-electron chi connectivity index (χ4n) is 1.96. The summed E-state index contributed by atoms with van der Waals surface area (Å²) in [4.78, 5) is 15.6. The van der Waals surface area contributed by atoms with E-state index in [0.29, 0.717) is 0 Å². The quantitative estimate of drug-likeness (QED) is 0.721. The third kappa shape index (κ3) is 2.87. The zero-order valence-corrected chi connectivity index (χ0v) is 11.7. The molecule has 0 saturated heterocycles. The van der Waals surface area contributed by atoms with E-state index in [1.165, 1.54) is 10.4 Å². The maximum Gasteiger partial charge on any atom is 0.339 e. The van der Waals surface area contributed by atoms with Crippen LogP contribution in [0.3, 0.4) is 0 Å². The van der Waals surface area contributed by atoms with Crippen LogP contribution >= 0.6 is 11.3 Å². The van der Waals surface area contributed by atoms with Crippen molar-refractivity contribution in [3.8, 4) is 0 Å². The van der Waals surface area contributed by atoms with E-state index in [1.54, 1.807) is 11.3 Å². The number of carbonyl (C=O) groups is 1. The summed E-state index contributed by atoms with van der Waals surface area (Å²) in [5.74, 6) is -0.181. The lowest BCUT2D eigenvalue weighted by Gasteiger charge is -2.23. The average Bonchev–Trinajstić information content (AvgIpc) is 2.57. The van der Waals surface area contributed by atoms with Gasteiger partial charge in [0.1, 0.15) is 5.60 Å². The largest absolute Gasteiger partial charge is 0.456 e. The van der Waals surface area contributed by atoms with Gasteiger partial charge in [-0.3, -0.25) is 0 Å². The van der Waals surface area contributed by atoms with Crippen molar-refractivity contribution in [3.05, 3.63) is 21.4 Å². The molecule has 0 spiro atoms. The summed E-state index contributed by atoms with van der Waals surface area (Å²) in [6.45, 7) is 7.66. The van der Waals surface area contributed by atoms with Gasteiger partial charge in [0.2, 0.25) is 0 Å². The lowest BCUT2D eigenvalue weighted by molar-refractivity contribution is 0.00685. The Morgan fingerprint density at radius 1 is 1.47 bits per heavy atom. The molecule has 0 amide bonds. The Morgan fingerprint density at radius 3 is 2.82 bits per heavy atom. The van der Waals surface area contributed by atoms with E-state index < -0.39 is 5.60 Å². The van der Waals surface area contributed by atoms with Crippen LogP contribution in [0.15, 0.2) is 5.38 Å². The molecule has 2 heterocycles. The smallest absolute Gasteiger partial charge is 0.339 e. The van der Waals surface area contributed by atoms with Crippen LogP contribution in [0.2, 0.25) is 0 Å². The predicted molar refractivity (Wildman–Crippen MR) is 69.5 cm³/mol. The molecule has 0 bridgehead atoms. The monoisotopic (exact) mass is 253 g/mol. The van der Waals surface area contributed by atoms with Gasteiger partial charge in [0, 0.05) is 23.3 Å². The minimum absolute atomic E-state index is 0.181. The third-order valence-electron chi connectivity index (χ3n) is 2.76. The highest BCUT2D eigenvalue weighted by Crippen LogP contribution is 2.29. The SMILES string of the molecule is CN1CCc2c(C(=O)OC(C)(C)C)csc2C1. The molecule has 0 radical (unpaired) electrons. The molecule has 2 rings (SSSR count). The number of carbonyl (C=O) groups excluding carboxylic acids is 1. The predicted octanol–water partition coefficient (Wildman–Crippen LogP) is 2.69. The molecule has 4 heteroatoms. The molecule has 17 heavy (non-hydrogen) atoms. The van der Waals surface area contributed by atoms with E-state index >= 15 is 0 Å². The van der Waals surface area contributed by atoms with E-state index in [9.17, 15) is 4.79 Å². The van der Waals surface area contributed by atoms with Gasteiger partial charge in [-0.15, -0.1) is 11.3 Å². The van der Waals surface area contributed by atoms with Crippen molar-refractivity contribution in [2.75, 3.05) is 13.6 Å². The molecular weight excluding hydrogens is 234 g/mol. The zero-order chi connectivity index (χ0) is 12.6. The summed E-state index contributed by atoms with van der Waals surface area (Å²) < 4.78 is 5.43. The summed E-state index contributed by atoms with van der Waals surface area (Å²) >= 11 is 1.67. The van der Waals surface area contributed by atoms with Crippen LogP contribution in [0.4, 0.5) is 0 Å². The minimum atomic E-state index is -0.419. The molecule has 0 N–H and O–H groups in total. The fraction of sp³-hybridized carbons (Fsp3) is 0.615. The van der Waals surface area contributed by atoms with Crippen molar-refractivity contribution in [1.29, 1.82) is 0 Å². The maximum atomic E-state index is 12.0. The van der Waals surface area contributed by atoms with Gasteiger partial charge in [0.15, 0.2) is 0 Å². The normalized spacial score (nSPS) is 16.7. The first-order valence-corrected chi connectivity index (χ1v) is 6.76. The van der Waals surface area contributed by atoms with Crippen molar-refractivity contribution in [2.45, 2.75) is 39.3 Å². The van der Waals surface area contributed by atoms with Crippen molar-refractivity contribution < 1.29 is 9.53 Å². The van der Waals surface area contributed by atoms with Crippen LogP contribution in [0, 0.1) is 0 Å². The third-order valence-corrected chi connectivity index (χ3v) is 3.77. The van der Waals surface area contributed by atoms with Crippen LogP contribution in [-0.2, 0) is 17.7 Å². The zero-order valence-electron chi connectivity index (χ0n) is 10.9. The van der Waals surface area contributed by atoms with Crippen LogP contribution in [0.25, 0.3) is 0 Å². The highest BCUT2D eigenvalue weighted by Gasteiger charge is 2.25. The number of rotatable bonds is 1. The molecule has 0 unspecified atom stereocenters. The van der Waals surface area contributed by atoms with E-state index in [1.807, 2.05) is 26.2 Å². The maximum absolute atomic E-state index is 12.0. The number of nitrogens with zero attached hydrogens (tertiary/aromatic N) is 1. The van der Waals surface area contributed by atoms with Crippen LogP contribution in [0.5, 0.6) is 0 Å². The van der Waals surface area contributed by atoms with E-state index in [0.717, 1.165) is 25.1 Å². The van der Waals surface area contributed by atoms with E-state index in [2.05, 4.69) is 11.9 Å². The molecule has 94 valence electrons. The van der Waals surface area contributed by atoms with Gasteiger partial charge in [-0.05, 0) is 39.8 Å². The summed E-state index contributed by atoms with van der Waals surface area (Å²) in [7, 11) is 2.11. The summed E-state index contributed by atoms with van der Waals surface area (Å²) in [6, 6.07) is 0. The minimum Gasteiger partial charge on any atom is -0.456 e. The topological polar surface area (TPSA) is 29.5 Å². The van der Waals surface area contributed by atoms with Crippen molar-refractivity contribution in [1.82, 2.24) is 4.90 Å². The van der Waals surface area contributed by atoms with E-state index in [4.69, 9.17) is 4.74 Å². The summed E-state index contributed by atoms with van der Waals surface area (Å²) in [6.07, 6.45) is 0.948. The van der Waals surface area contributed by atoms with Gasteiger partial charge >= 0.3 is 5.97 Å². The van der Waals surface area contributed by atoms with Gasteiger partial charge in [0.25, 0.3) is 0 Å². The molecular formula is C13H19NO2S. The van der Waals surface area contributed by atoms with Gasteiger partial charge in [0.05, 0.1) is 5.56 Å². The van der Waals surface area contributed by atoms with Crippen LogP contribution in [0.1, 0.15) is 41.6 Å². The molecule has 1 aromatic heterocycles. The van der Waals surface area contributed by atoms with Gasteiger partial charge in [-0.2, -0.15) is 0 Å². The fourth-order valence-corrected chi connectivity index (χ4v) is 3.11. The number of esters is 1. The first-order chi connectivity index (χ1) is 7.87. The number of ether oxygens (including phenoxy) is 1. The second kappa shape index (κ2) is 4.42. The second-order valence-corrected chi connectivity index (χ2v) is 6.50. The van der Waals surface area contributed by atoms with Crippen molar-refractivity contribution in [2.24, 2.45) is 0 Å². The number of fused-ring (bicyclic) bond motifs is 1. The molecule has 0 atom stereocenters. The van der Waals surface area contributed by atoms with Gasteiger partial charge < -0.3 is 9.64 Å². The Balaban J connectivity index is 2.20. The Kier molecular flexibility index (Phi) is 3.27. The molecule has 1 aliphatic rings. The number of thiophene rings is 1. The molecule has 1 aromatic rings. The molecule has 1 aliphatic heterocycles. The Labute approximate surface area is 106 Å². The highest BCUT2D eigenvalue weighted by atomic mass is 32.1. The molecule has 0 fully saturated rings. The van der Waals surface area contributed by atoms with Gasteiger partial charge in [-0.1, -0.05) is 0 Å². The summed E-state index contributed by atoms with van der Waals surface area (Å²) in [5.41, 5.74) is 1.55. The molecule has 3 nitrogen and oxygen atoms in total. The number of likely N-dealkylation sites (N-methyl/N-ethyl adjacent to an activating group) is 1. The van der Waals surface area contributed by atoms with Crippen LogP contribution in [-0.4, -0.2) is 30.1 Å². The van der Waals surface area contributed by atoms with Crippen LogP contribution < -0.4 is 0 Å². The summed E-state index contributed by atoms with van der Waals surface area (Å²) in [5, 5.41) is 1.94. The number of hydrogen-bond donors (Lipinski definition) is 0. The molecule has 0 aliphatic carbocycles. The lowest BCUT2D eigenvalue weighted by atomic mass is 10.0. The van der Waals surface area contributed by atoms with E-state index in [-0.39, 0.29) is 5.97 Å². The molecule has 0 aromatic carbocycles. The highest BCUT2D eigenvalue weighted by molar-refractivity contribution is 7.10. The van der Waals surface area contributed by atoms with Crippen molar-refractivity contribution >= 4 is 17.3 Å². The average molecular weight is 253 g/mol. The first kappa shape index (κ1) is 12.6. The Morgan fingerprint density at radius 2 is 2.18 bits per heavy atom. The first-order valence-electron chi connectivity index (χ1n) is 5.88. The lowest BCUT2D eigenvalue weighted by Crippen LogP contribution is -2.28. The number of hydrogen-bond acceptors (Lipinski definition) is 4. The van der Waals surface area contributed by atoms with Crippen molar-refractivity contribution in [3.63, 3.8) is 0 Å². The Hall–Kier alpha value is -0.870. The second-order valence-electron chi connectivity index (χ2n) is 5.54.